The largest absolute Gasteiger partial charge is 0.493 e. The summed E-state index contributed by atoms with van der Waals surface area (Å²) in [5.41, 5.74) is -0.271. The van der Waals surface area contributed by atoms with Gasteiger partial charge in [0.05, 0.1) is 19.3 Å². The third-order valence-corrected chi connectivity index (χ3v) is 4.48. The molecule has 0 bridgehead atoms. The van der Waals surface area contributed by atoms with Crippen molar-refractivity contribution in [2.45, 2.75) is 32.8 Å². The van der Waals surface area contributed by atoms with E-state index in [0.717, 1.165) is 12.8 Å². The number of aliphatic hydroxyl groups excluding tert-OH is 1. The minimum absolute atomic E-state index is 0.00310. The van der Waals surface area contributed by atoms with Crippen molar-refractivity contribution < 1.29 is 28.2 Å². The zero-order valence-electron chi connectivity index (χ0n) is 13.9. The van der Waals surface area contributed by atoms with Crippen molar-refractivity contribution in [1.82, 2.24) is 4.90 Å². The van der Waals surface area contributed by atoms with Crippen LogP contribution < -0.4 is 9.47 Å². The van der Waals surface area contributed by atoms with Crippen molar-refractivity contribution in [3.05, 3.63) is 23.8 Å². The van der Waals surface area contributed by atoms with Crippen LogP contribution in [0.5, 0.6) is 11.5 Å². The van der Waals surface area contributed by atoms with Crippen molar-refractivity contribution in [3.63, 3.8) is 0 Å². The quantitative estimate of drug-likeness (QED) is 0.827. The van der Waals surface area contributed by atoms with Crippen LogP contribution >= 0.6 is 0 Å². The molecule has 1 amide bonds. The summed E-state index contributed by atoms with van der Waals surface area (Å²) in [6.07, 6.45) is 2.41. The summed E-state index contributed by atoms with van der Waals surface area (Å²) >= 11 is 0. The molecule has 0 aromatic heterocycles. The summed E-state index contributed by atoms with van der Waals surface area (Å²) in [6, 6.07) is 4.47. The zero-order chi connectivity index (χ0) is 17.7. The normalized spacial score (nSPS) is 20.5. The van der Waals surface area contributed by atoms with Gasteiger partial charge in [0.15, 0.2) is 11.5 Å². The fourth-order valence-corrected chi connectivity index (χ4v) is 3.28. The first-order valence-electron chi connectivity index (χ1n) is 7.98. The van der Waals surface area contributed by atoms with Crippen LogP contribution in [0.15, 0.2) is 18.2 Å². The van der Waals surface area contributed by atoms with Crippen molar-refractivity contribution >= 4 is 5.91 Å². The molecule has 7 heteroatoms. The summed E-state index contributed by atoms with van der Waals surface area (Å²) in [5.74, 6) is -0.560. The Labute approximate surface area is 140 Å². The molecular weight excluding hydrogens is 320 g/mol. The SMILES string of the molecule is CCCC1(CO)CCN(C(=O)c2cccc(OC)c2OC(F)F)C1. The maximum atomic E-state index is 12.8. The van der Waals surface area contributed by atoms with E-state index < -0.39 is 12.5 Å². The fraction of sp³-hybridized carbons (Fsp3) is 0.588. The molecule has 0 aliphatic carbocycles. The van der Waals surface area contributed by atoms with Crippen molar-refractivity contribution in [2.75, 3.05) is 26.8 Å². The lowest BCUT2D eigenvalue weighted by molar-refractivity contribution is -0.0516. The van der Waals surface area contributed by atoms with Crippen molar-refractivity contribution in [1.29, 1.82) is 0 Å². The second kappa shape index (κ2) is 7.79. The van der Waals surface area contributed by atoms with E-state index in [1.807, 2.05) is 6.92 Å². The maximum absolute atomic E-state index is 12.8. The summed E-state index contributed by atoms with van der Waals surface area (Å²) in [6.45, 7) is -0.142. The number of carbonyl (C=O) groups is 1. The van der Waals surface area contributed by atoms with Gasteiger partial charge in [0, 0.05) is 18.5 Å². The number of nitrogens with zero attached hydrogens (tertiary/aromatic N) is 1. The van der Waals surface area contributed by atoms with Crippen LogP contribution in [0.2, 0.25) is 0 Å². The molecule has 24 heavy (non-hydrogen) atoms. The van der Waals surface area contributed by atoms with Gasteiger partial charge in [-0.25, -0.2) is 0 Å². The molecule has 1 atom stereocenters. The predicted molar refractivity (Wildman–Crippen MR) is 84.6 cm³/mol. The molecule has 1 fully saturated rings. The summed E-state index contributed by atoms with van der Waals surface area (Å²) in [5, 5.41) is 9.69. The molecule has 1 aliphatic heterocycles. The first-order valence-corrected chi connectivity index (χ1v) is 7.98. The molecule has 1 unspecified atom stereocenters. The van der Waals surface area contributed by atoms with Gasteiger partial charge in [-0.05, 0) is 25.0 Å². The minimum Gasteiger partial charge on any atom is -0.493 e. The second-order valence-electron chi connectivity index (χ2n) is 6.10. The monoisotopic (exact) mass is 343 g/mol. The Bertz CT molecular complexity index is 582. The van der Waals surface area contributed by atoms with Gasteiger partial charge in [0.2, 0.25) is 0 Å². The highest BCUT2D eigenvalue weighted by molar-refractivity contribution is 5.98. The van der Waals surface area contributed by atoms with E-state index in [9.17, 15) is 18.7 Å². The third kappa shape index (κ3) is 3.77. The Morgan fingerprint density at radius 2 is 2.21 bits per heavy atom. The smallest absolute Gasteiger partial charge is 0.387 e. The van der Waals surface area contributed by atoms with Gasteiger partial charge in [0.25, 0.3) is 5.91 Å². The lowest BCUT2D eigenvalue weighted by Gasteiger charge is -2.27. The number of benzene rings is 1. The molecule has 134 valence electrons. The highest BCUT2D eigenvalue weighted by Gasteiger charge is 2.39. The van der Waals surface area contributed by atoms with E-state index in [-0.39, 0.29) is 29.1 Å². The van der Waals surface area contributed by atoms with Crippen molar-refractivity contribution in [3.8, 4) is 11.5 Å². The number of para-hydroxylation sites is 1. The number of likely N-dealkylation sites (tertiary alicyclic amines) is 1. The van der Waals surface area contributed by atoms with E-state index in [1.165, 1.54) is 19.2 Å². The van der Waals surface area contributed by atoms with E-state index in [0.29, 0.717) is 19.5 Å². The molecule has 0 radical (unpaired) electrons. The topological polar surface area (TPSA) is 59.0 Å². The Morgan fingerprint density at radius 1 is 1.46 bits per heavy atom. The lowest BCUT2D eigenvalue weighted by Crippen LogP contribution is -2.34. The Morgan fingerprint density at radius 3 is 2.79 bits per heavy atom. The number of aliphatic hydroxyl groups is 1. The maximum Gasteiger partial charge on any atom is 0.387 e. The van der Waals surface area contributed by atoms with Crippen LogP contribution in [-0.4, -0.2) is 49.3 Å². The molecule has 0 saturated carbocycles. The van der Waals surface area contributed by atoms with E-state index in [2.05, 4.69) is 4.74 Å². The average molecular weight is 343 g/mol. The van der Waals surface area contributed by atoms with Crippen LogP contribution in [0.3, 0.4) is 0 Å². The number of alkyl halides is 2. The standard InChI is InChI=1S/C17H23F2NO4/c1-3-7-17(11-21)8-9-20(10-17)15(22)12-5-4-6-13(23-2)14(12)24-16(18)19/h4-6,16,21H,3,7-11H2,1-2H3. The van der Waals surface area contributed by atoms with Crippen LogP contribution in [0.4, 0.5) is 8.78 Å². The number of hydrogen-bond donors (Lipinski definition) is 1. The average Bonchev–Trinajstić information content (AvgIpc) is 2.99. The summed E-state index contributed by atoms with van der Waals surface area (Å²) in [7, 11) is 1.33. The summed E-state index contributed by atoms with van der Waals surface area (Å²) < 4.78 is 34.9. The van der Waals surface area contributed by atoms with Crippen LogP contribution in [0, 0.1) is 5.41 Å². The lowest BCUT2D eigenvalue weighted by atomic mass is 9.83. The fourth-order valence-electron chi connectivity index (χ4n) is 3.28. The molecule has 5 nitrogen and oxygen atoms in total. The predicted octanol–water partition coefficient (Wildman–Crippen LogP) is 2.92. The number of hydrogen-bond acceptors (Lipinski definition) is 4. The zero-order valence-corrected chi connectivity index (χ0v) is 13.9. The van der Waals surface area contributed by atoms with Crippen LogP contribution in [0.1, 0.15) is 36.5 Å². The molecule has 1 aliphatic rings. The van der Waals surface area contributed by atoms with Gasteiger partial charge in [-0.1, -0.05) is 19.4 Å². The molecule has 2 rings (SSSR count). The molecule has 1 aromatic rings. The Balaban J connectivity index is 2.27. The van der Waals surface area contributed by atoms with Gasteiger partial charge < -0.3 is 19.5 Å². The van der Waals surface area contributed by atoms with E-state index >= 15 is 0 Å². The highest BCUT2D eigenvalue weighted by Crippen LogP contribution is 2.38. The summed E-state index contributed by atoms with van der Waals surface area (Å²) in [4.78, 5) is 14.4. The van der Waals surface area contributed by atoms with E-state index in [1.54, 1.807) is 11.0 Å². The number of halogens is 2. The van der Waals surface area contributed by atoms with Crippen LogP contribution in [0.25, 0.3) is 0 Å². The second-order valence-corrected chi connectivity index (χ2v) is 6.10. The van der Waals surface area contributed by atoms with Gasteiger partial charge >= 0.3 is 6.61 Å². The third-order valence-electron chi connectivity index (χ3n) is 4.48. The van der Waals surface area contributed by atoms with E-state index in [4.69, 9.17) is 4.74 Å². The number of methoxy groups -OCH3 is 1. The number of amides is 1. The Kier molecular flexibility index (Phi) is 5.99. The van der Waals surface area contributed by atoms with Crippen LogP contribution in [-0.2, 0) is 0 Å². The molecule has 0 spiro atoms. The highest BCUT2D eigenvalue weighted by atomic mass is 19.3. The van der Waals surface area contributed by atoms with Gasteiger partial charge in [-0.3, -0.25) is 4.79 Å². The number of ether oxygens (including phenoxy) is 2. The number of carbonyl (C=O) groups excluding carboxylic acids is 1. The van der Waals surface area contributed by atoms with Gasteiger partial charge in [-0.15, -0.1) is 0 Å². The Hall–Kier alpha value is -1.89. The van der Waals surface area contributed by atoms with Crippen molar-refractivity contribution in [2.24, 2.45) is 5.41 Å². The minimum atomic E-state index is -3.05. The molecule has 1 saturated heterocycles. The first-order chi connectivity index (χ1) is 11.5. The van der Waals surface area contributed by atoms with Gasteiger partial charge in [0.1, 0.15) is 0 Å². The molecule has 1 N–H and O–H groups in total. The number of rotatable bonds is 7. The first kappa shape index (κ1) is 18.4. The molecule has 1 heterocycles. The molecular formula is C17H23F2NO4. The molecule has 1 aromatic carbocycles. The van der Waals surface area contributed by atoms with Gasteiger partial charge in [-0.2, -0.15) is 8.78 Å².